The van der Waals surface area contributed by atoms with Crippen LogP contribution in [0.4, 0.5) is 5.69 Å². The van der Waals surface area contributed by atoms with Crippen LogP contribution in [0.5, 0.6) is 5.75 Å². The van der Waals surface area contributed by atoms with Crippen molar-refractivity contribution in [1.29, 1.82) is 0 Å². The first-order valence-corrected chi connectivity index (χ1v) is 10.4. The van der Waals surface area contributed by atoms with Gasteiger partial charge in [-0.2, -0.15) is 0 Å². The fourth-order valence-electron chi connectivity index (χ4n) is 3.25. The van der Waals surface area contributed by atoms with Crippen molar-refractivity contribution < 1.29 is 9.90 Å². The molecule has 150 valence electrons. The fraction of sp³-hybridized carbons (Fsp3) is 0.300. The van der Waals surface area contributed by atoms with Crippen LogP contribution in [0.15, 0.2) is 59.8 Å². The number of piperazine rings is 1. The van der Waals surface area contributed by atoms with Crippen molar-refractivity contribution in [3.63, 3.8) is 0 Å². The van der Waals surface area contributed by atoms with E-state index in [0.717, 1.165) is 24.3 Å². The van der Waals surface area contributed by atoms with Gasteiger partial charge >= 0.3 is 0 Å². The third-order valence-electron chi connectivity index (χ3n) is 4.85. The van der Waals surface area contributed by atoms with Gasteiger partial charge in [0.15, 0.2) is 0 Å². The lowest BCUT2D eigenvalue weighted by molar-refractivity contribution is -0.128. The number of hydrogen-bond acceptors (Lipinski definition) is 7. The lowest BCUT2D eigenvalue weighted by Crippen LogP contribution is -2.49. The van der Waals surface area contributed by atoms with Gasteiger partial charge in [0.1, 0.15) is 5.75 Å². The monoisotopic (exact) mass is 410 g/mol. The molecule has 0 spiro atoms. The molecule has 2 aromatic carbocycles. The van der Waals surface area contributed by atoms with Gasteiger partial charge in [-0.25, -0.2) is 4.68 Å². The lowest BCUT2D eigenvalue weighted by atomic mass is 10.2. The number of carbonyl (C=O) groups excluding carboxylic acids is 1. The lowest BCUT2D eigenvalue weighted by Gasteiger charge is -2.36. The number of thioether (sulfide) groups is 1. The molecule has 1 aliphatic heterocycles. The second-order valence-corrected chi connectivity index (χ2v) is 7.72. The topological polar surface area (TPSA) is 87.4 Å². The summed E-state index contributed by atoms with van der Waals surface area (Å²) in [6.45, 7) is 3.47. The molecule has 0 unspecified atom stereocenters. The number of phenols is 1. The predicted molar refractivity (Wildman–Crippen MR) is 111 cm³/mol. The molecule has 1 saturated heterocycles. The van der Waals surface area contributed by atoms with E-state index in [2.05, 4.69) is 20.4 Å². The van der Waals surface area contributed by atoms with Gasteiger partial charge in [-0.1, -0.05) is 42.1 Å². The predicted octanol–water partition coefficient (Wildman–Crippen LogP) is 1.87. The average molecular weight is 411 g/mol. The van der Waals surface area contributed by atoms with Crippen LogP contribution in [0.25, 0.3) is 0 Å². The first-order valence-electron chi connectivity index (χ1n) is 9.44. The van der Waals surface area contributed by atoms with Gasteiger partial charge in [-0.3, -0.25) is 4.79 Å². The Kier molecular flexibility index (Phi) is 5.95. The number of aromatic nitrogens is 4. The summed E-state index contributed by atoms with van der Waals surface area (Å²) in [5, 5.41) is 21.9. The van der Waals surface area contributed by atoms with E-state index in [1.807, 2.05) is 47.4 Å². The van der Waals surface area contributed by atoms with Crippen LogP contribution in [-0.2, 0) is 11.3 Å². The van der Waals surface area contributed by atoms with Crippen molar-refractivity contribution in [3.05, 3.63) is 60.2 Å². The maximum absolute atomic E-state index is 12.6. The Morgan fingerprint density at radius 3 is 2.45 bits per heavy atom. The molecule has 29 heavy (non-hydrogen) atoms. The van der Waals surface area contributed by atoms with Gasteiger partial charge in [0.2, 0.25) is 11.1 Å². The standard InChI is InChI=1S/C20H22N6O2S/c27-18-8-6-17(7-9-18)24-10-12-25(13-11-24)19(28)15-29-20-21-22-23-26(20)14-16-4-2-1-3-5-16/h1-9,27H,10-15H2. The van der Waals surface area contributed by atoms with Gasteiger partial charge in [0, 0.05) is 31.9 Å². The maximum Gasteiger partial charge on any atom is 0.233 e. The molecule has 0 atom stereocenters. The Balaban J connectivity index is 1.28. The van der Waals surface area contributed by atoms with Crippen molar-refractivity contribution >= 4 is 23.4 Å². The Bertz CT molecular complexity index is 939. The van der Waals surface area contributed by atoms with E-state index in [0.29, 0.717) is 30.5 Å². The van der Waals surface area contributed by atoms with Crippen molar-refractivity contribution in [2.75, 3.05) is 36.8 Å². The van der Waals surface area contributed by atoms with Crippen LogP contribution in [0.1, 0.15) is 5.56 Å². The van der Waals surface area contributed by atoms with Gasteiger partial charge in [-0.15, -0.1) is 5.10 Å². The van der Waals surface area contributed by atoms with Crippen molar-refractivity contribution in [2.45, 2.75) is 11.7 Å². The molecule has 1 aliphatic rings. The SMILES string of the molecule is O=C(CSc1nnnn1Cc1ccccc1)N1CCN(c2ccc(O)cc2)CC1. The Hall–Kier alpha value is -3.07. The number of rotatable bonds is 6. The molecule has 0 radical (unpaired) electrons. The number of benzene rings is 2. The summed E-state index contributed by atoms with van der Waals surface area (Å²) in [6.07, 6.45) is 0. The van der Waals surface area contributed by atoms with Crippen LogP contribution >= 0.6 is 11.8 Å². The highest BCUT2D eigenvalue weighted by molar-refractivity contribution is 7.99. The van der Waals surface area contributed by atoms with Crippen LogP contribution in [0, 0.1) is 0 Å². The number of nitrogens with zero attached hydrogens (tertiary/aromatic N) is 6. The van der Waals surface area contributed by atoms with Crippen molar-refractivity contribution in [3.8, 4) is 5.75 Å². The van der Waals surface area contributed by atoms with E-state index in [-0.39, 0.29) is 11.7 Å². The minimum Gasteiger partial charge on any atom is -0.508 e. The number of aromatic hydroxyl groups is 1. The quantitative estimate of drug-likeness (QED) is 0.621. The van der Waals surface area contributed by atoms with E-state index in [1.54, 1.807) is 16.8 Å². The molecular formula is C20H22N6O2S. The number of amides is 1. The molecule has 0 bridgehead atoms. The van der Waals surface area contributed by atoms with E-state index in [9.17, 15) is 9.90 Å². The highest BCUT2D eigenvalue weighted by atomic mass is 32.2. The summed E-state index contributed by atoms with van der Waals surface area (Å²) in [5.74, 6) is 0.665. The third kappa shape index (κ3) is 4.86. The second kappa shape index (κ2) is 8.95. The summed E-state index contributed by atoms with van der Waals surface area (Å²) in [4.78, 5) is 16.7. The Morgan fingerprint density at radius 1 is 1.00 bits per heavy atom. The summed E-state index contributed by atoms with van der Waals surface area (Å²) >= 11 is 1.37. The normalized spacial score (nSPS) is 14.2. The molecule has 9 heteroatoms. The van der Waals surface area contributed by atoms with E-state index in [1.165, 1.54) is 11.8 Å². The highest BCUT2D eigenvalue weighted by Gasteiger charge is 2.22. The van der Waals surface area contributed by atoms with Crippen LogP contribution < -0.4 is 4.90 Å². The smallest absolute Gasteiger partial charge is 0.233 e. The van der Waals surface area contributed by atoms with Gasteiger partial charge in [0.05, 0.1) is 12.3 Å². The molecule has 2 heterocycles. The average Bonchev–Trinajstić information content (AvgIpc) is 3.20. The van der Waals surface area contributed by atoms with E-state index < -0.39 is 0 Å². The van der Waals surface area contributed by atoms with Crippen LogP contribution in [0.2, 0.25) is 0 Å². The summed E-state index contributed by atoms with van der Waals surface area (Å²) < 4.78 is 1.72. The van der Waals surface area contributed by atoms with Gasteiger partial charge in [-0.05, 0) is 40.3 Å². The molecule has 0 saturated carbocycles. The van der Waals surface area contributed by atoms with E-state index >= 15 is 0 Å². The molecule has 8 nitrogen and oxygen atoms in total. The number of phenolic OH excluding ortho intramolecular Hbond substituents is 1. The number of tetrazole rings is 1. The molecule has 1 fully saturated rings. The first-order chi connectivity index (χ1) is 14.2. The molecular weight excluding hydrogens is 388 g/mol. The van der Waals surface area contributed by atoms with Crippen molar-refractivity contribution in [2.24, 2.45) is 0 Å². The zero-order valence-electron chi connectivity index (χ0n) is 15.9. The molecule has 0 aliphatic carbocycles. The zero-order valence-corrected chi connectivity index (χ0v) is 16.7. The minimum absolute atomic E-state index is 0.0922. The van der Waals surface area contributed by atoms with Crippen LogP contribution in [-0.4, -0.2) is 68.1 Å². The molecule has 1 aromatic heterocycles. The minimum atomic E-state index is 0.0922. The molecule has 4 rings (SSSR count). The Labute approximate surface area is 173 Å². The molecule has 1 N–H and O–H groups in total. The first kappa shape index (κ1) is 19.3. The molecule has 1 amide bonds. The largest absolute Gasteiger partial charge is 0.508 e. The van der Waals surface area contributed by atoms with Crippen molar-refractivity contribution in [1.82, 2.24) is 25.1 Å². The summed E-state index contributed by atoms with van der Waals surface area (Å²) in [5.41, 5.74) is 2.17. The van der Waals surface area contributed by atoms with Gasteiger partial charge < -0.3 is 14.9 Å². The number of hydrogen-bond donors (Lipinski definition) is 1. The Morgan fingerprint density at radius 2 is 1.72 bits per heavy atom. The summed E-state index contributed by atoms with van der Waals surface area (Å²) in [6, 6.07) is 17.1. The third-order valence-corrected chi connectivity index (χ3v) is 5.79. The van der Waals surface area contributed by atoms with Gasteiger partial charge in [0.25, 0.3) is 0 Å². The summed E-state index contributed by atoms with van der Waals surface area (Å²) in [7, 11) is 0. The second-order valence-electron chi connectivity index (χ2n) is 6.78. The number of anilines is 1. The fourth-order valence-corrected chi connectivity index (χ4v) is 4.03. The van der Waals surface area contributed by atoms with Crippen LogP contribution in [0.3, 0.4) is 0 Å². The molecule has 3 aromatic rings. The maximum atomic E-state index is 12.6. The van der Waals surface area contributed by atoms with E-state index in [4.69, 9.17) is 0 Å². The zero-order chi connectivity index (χ0) is 20.1. The number of carbonyl (C=O) groups is 1. The highest BCUT2D eigenvalue weighted by Crippen LogP contribution is 2.21.